The summed E-state index contributed by atoms with van der Waals surface area (Å²) >= 11 is 0. The molecule has 3 heteroatoms. The summed E-state index contributed by atoms with van der Waals surface area (Å²) in [6.45, 7) is 0.620. The Kier molecular flexibility index (Phi) is 5.92. The van der Waals surface area contributed by atoms with E-state index < -0.39 is 0 Å². The predicted octanol–water partition coefficient (Wildman–Crippen LogP) is 4.62. The normalized spacial score (nSPS) is 10.5. The molecule has 3 aromatic rings. The Bertz CT molecular complexity index is 869. The van der Waals surface area contributed by atoms with Crippen LogP contribution in [0.1, 0.15) is 11.1 Å². The van der Waals surface area contributed by atoms with Crippen molar-refractivity contribution in [3.05, 3.63) is 90.0 Å². The molecule has 0 aliphatic carbocycles. The SMILES string of the molecule is CN(Cc1ccc(N(C)C)cc1)C(=O)Cc1ccc(-c2ccccc2)cc1. The number of hydrogen-bond acceptors (Lipinski definition) is 2. The van der Waals surface area contributed by atoms with Crippen LogP contribution in [0.3, 0.4) is 0 Å². The lowest BCUT2D eigenvalue weighted by molar-refractivity contribution is -0.129. The molecule has 0 aliphatic rings. The zero-order valence-electron chi connectivity index (χ0n) is 16.2. The third kappa shape index (κ3) is 4.98. The lowest BCUT2D eigenvalue weighted by Gasteiger charge is -2.18. The van der Waals surface area contributed by atoms with Gasteiger partial charge in [-0.3, -0.25) is 4.79 Å². The summed E-state index contributed by atoms with van der Waals surface area (Å²) in [5.41, 5.74) is 5.69. The Labute approximate surface area is 161 Å². The molecule has 0 saturated carbocycles. The van der Waals surface area contributed by atoms with Gasteiger partial charge in [0.1, 0.15) is 0 Å². The van der Waals surface area contributed by atoms with Gasteiger partial charge in [0.25, 0.3) is 0 Å². The molecule has 3 rings (SSSR count). The number of likely N-dealkylation sites (N-methyl/N-ethyl adjacent to an activating group) is 1. The Hall–Kier alpha value is -3.07. The summed E-state index contributed by atoms with van der Waals surface area (Å²) in [6.07, 6.45) is 0.418. The third-order valence-electron chi connectivity index (χ3n) is 4.71. The van der Waals surface area contributed by atoms with Crippen molar-refractivity contribution in [3.8, 4) is 11.1 Å². The molecule has 0 aromatic heterocycles. The monoisotopic (exact) mass is 358 g/mol. The van der Waals surface area contributed by atoms with E-state index in [4.69, 9.17) is 0 Å². The van der Waals surface area contributed by atoms with Crippen molar-refractivity contribution < 1.29 is 4.79 Å². The zero-order chi connectivity index (χ0) is 19.2. The molecule has 0 atom stereocenters. The third-order valence-corrected chi connectivity index (χ3v) is 4.71. The van der Waals surface area contributed by atoms with Gasteiger partial charge in [0.2, 0.25) is 5.91 Å². The topological polar surface area (TPSA) is 23.6 Å². The van der Waals surface area contributed by atoms with Crippen LogP contribution >= 0.6 is 0 Å². The van der Waals surface area contributed by atoms with Crippen LogP contribution in [0, 0.1) is 0 Å². The van der Waals surface area contributed by atoms with Gasteiger partial charge in [-0.2, -0.15) is 0 Å². The number of carbonyl (C=O) groups is 1. The minimum absolute atomic E-state index is 0.124. The van der Waals surface area contributed by atoms with Crippen LogP contribution in [0.4, 0.5) is 5.69 Å². The fourth-order valence-electron chi connectivity index (χ4n) is 3.02. The van der Waals surface area contributed by atoms with Crippen molar-refractivity contribution in [1.82, 2.24) is 4.90 Å². The highest BCUT2D eigenvalue weighted by Gasteiger charge is 2.11. The molecule has 0 N–H and O–H groups in total. The molecule has 0 heterocycles. The summed E-state index contributed by atoms with van der Waals surface area (Å²) in [5.74, 6) is 0.124. The standard InChI is InChI=1S/C24H26N2O/c1-25(2)23-15-11-20(12-16-23)18-26(3)24(27)17-19-9-13-22(14-10-19)21-7-5-4-6-8-21/h4-16H,17-18H2,1-3H3. The van der Waals surface area contributed by atoms with Crippen molar-refractivity contribution in [2.75, 3.05) is 26.0 Å². The second-order valence-corrected chi connectivity index (χ2v) is 7.05. The first-order chi connectivity index (χ1) is 13.0. The minimum atomic E-state index is 0.124. The van der Waals surface area contributed by atoms with E-state index >= 15 is 0 Å². The van der Waals surface area contributed by atoms with Gasteiger partial charge in [0.05, 0.1) is 6.42 Å². The first-order valence-corrected chi connectivity index (χ1v) is 9.17. The molecule has 0 radical (unpaired) electrons. The predicted molar refractivity (Wildman–Crippen MR) is 113 cm³/mol. The first-order valence-electron chi connectivity index (χ1n) is 9.17. The number of benzene rings is 3. The molecule has 1 amide bonds. The van der Waals surface area contributed by atoms with Gasteiger partial charge in [-0.15, -0.1) is 0 Å². The van der Waals surface area contributed by atoms with Crippen LogP contribution < -0.4 is 4.90 Å². The van der Waals surface area contributed by atoms with Crippen molar-refractivity contribution >= 4 is 11.6 Å². The van der Waals surface area contributed by atoms with Crippen LogP contribution in [-0.2, 0) is 17.8 Å². The van der Waals surface area contributed by atoms with Crippen LogP contribution in [0.5, 0.6) is 0 Å². The van der Waals surface area contributed by atoms with E-state index in [9.17, 15) is 4.79 Å². The fourth-order valence-corrected chi connectivity index (χ4v) is 3.02. The average molecular weight is 358 g/mol. The summed E-state index contributed by atoms with van der Waals surface area (Å²) in [5, 5.41) is 0. The highest BCUT2D eigenvalue weighted by molar-refractivity contribution is 5.79. The van der Waals surface area contributed by atoms with Crippen molar-refractivity contribution in [1.29, 1.82) is 0 Å². The summed E-state index contributed by atoms with van der Waals surface area (Å²) in [7, 11) is 5.90. The van der Waals surface area contributed by atoms with E-state index in [1.165, 1.54) is 11.1 Å². The van der Waals surface area contributed by atoms with E-state index in [0.29, 0.717) is 13.0 Å². The molecule has 138 valence electrons. The molecule has 27 heavy (non-hydrogen) atoms. The zero-order valence-corrected chi connectivity index (χ0v) is 16.2. The van der Waals surface area contributed by atoms with Gasteiger partial charge in [0.15, 0.2) is 0 Å². The Balaban J connectivity index is 1.59. The van der Waals surface area contributed by atoms with E-state index in [2.05, 4.69) is 53.4 Å². The molecule has 0 fully saturated rings. The lowest BCUT2D eigenvalue weighted by Crippen LogP contribution is -2.27. The van der Waals surface area contributed by atoms with E-state index in [-0.39, 0.29) is 5.91 Å². The van der Waals surface area contributed by atoms with E-state index in [1.807, 2.05) is 51.5 Å². The maximum absolute atomic E-state index is 12.6. The molecule has 3 nitrogen and oxygen atoms in total. The maximum Gasteiger partial charge on any atom is 0.227 e. The van der Waals surface area contributed by atoms with Crippen LogP contribution in [-0.4, -0.2) is 32.0 Å². The fraction of sp³-hybridized carbons (Fsp3) is 0.208. The number of nitrogens with zero attached hydrogens (tertiary/aromatic N) is 2. The Morgan fingerprint density at radius 1 is 0.704 bits per heavy atom. The molecule has 0 spiro atoms. The van der Waals surface area contributed by atoms with Crippen molar-refractivity contribution in [3.63, 3.8) is 0 Å². The van der Waals surface area contributed by atoms with Gasteiger partial charge in [0, 0.05) is 33.4 Å². The molecule has 0 aliphatic heterocycles. The smallest absolute Gasteiger partial charge is 0.227 e. The van der Waals surface area contributed by atoms with Crippen LogP contribution in [0.15, 0.2) is 78.9 Å². The number of anilines is 1. The summed E-state index contributed by atoms with van der Waals surface area (Å²) in [6, 6.07) is 26.8. The first kappa shape index (κ1) is 18.7. The largest absolute Gasteiger partial charge is 0.378 e. The average Bonchev–Trinajstić information content (AvgIpc) is 2.69. The lowest BCUT2D eigenvalue weighted by atomic mass is 10.0. The van der Waals surface area contributed by atoms with Crippen molar-refractivity contribution in [2.45, 2.75) is 13.0 Å². The van der Waals surface area contributed by atoms with Gasteiger partial charge < -0.3 is 9.80 Å². The number of hydrogen-bond donors (Lipinski definition) is 0. The van der Waals surface area contributed by atoms with Gasteiger partial charge >= 0.3 is 0 Å². The molecule has 0 unspecified atom stereocenters. The Morgan fingerprint density at radius 3 is 1.85 bits per heavy atom. The highest BCUT2D eigenvalue weighted by Crippen LogP contribution is 2.20. The van der Waals surface area contributed by atoms with E-state index in [0.717, 1.165) is 16.8 Å². The molecule has 0 saturated heterocycles. The van der Waals surface area contributed by atoms with Gasteiger partial charge in [-0.05, 0) is 34.4 Å². The summed E-state index contributed by atoms with van der Waals surface area (Å²) in [4.78, 5) is 16.4. The summed E-state index contributed by atoms with van der Waals surface area (Å²) < 4.78 is 0. The van der Waals surface area contributed by atoms with Crippen LogP contribution in [0.25, 0.3) is 11.1 Å². The quantitative estimate of drug-likeness (QED) is 0.642. The number of amides is 1. The number of rotatable bonds is 6. The minimum Gasteiger partial charge on any atom is -0.378 e. The van der Waals surface area contributed by atoms with Crippen molar-refractivity contribution in [2.24, 2.45) is 0 Å². The number of carbonyl (C=O) groups excluding carboxylic acids is 1. The van der Waals surface area contributed by atoms with Crippen LogP contribution in [0.2, 0.25) is 0 Å². The second-order valence-electron chi connectivity index (χ2n) is 7.05. The van der Waals surface area contributed by atoms with Gasteiger partial charge in [-0.1, -0.05) is 66.7 Å². The Morgan fingerprint density at radius 2 is 1.26 bits per heavy atom. The highest BCUT2D eigenvalue weighted by atomic mass is 16.2. The molecular formula is C24H26N2O. The molecular weight excluding hydrogens is 332 g/mol. The maximum atomic E-state index is 12.6. The van der Waals surface area contributed by atoms with E-state index in [1.54, 1.807) is 4.90 Å². The molecule has 3 aromatic carbocycles. The second kappa shape index (κ2) is 8.54. The van der Waals surface area contributed by atoms with Gasteiger partial charge in [-0.25, -0.2) is 0 Å². The molecule has 0 bridgehead atoms.